The molecule has 0 amide bonds. The van der Waals surface area contributed by atoms with Crippen LogP contribution in [0.1, 0.15) is 24.8 Å². The SMILES string of the molecule is O=C(O)C1C2CCCC2CN1Cc1cc(Br)ccc1O. The number of phenols is 1. The molecule has 0 spiro atoms. The molecule has 0 aromatic heterocycles. The number of rotatable bonds is 3. The van der Waals surface area contributed by atoms with E-state index >= 15 is 0 Å². The quantitative estimate of drug-likeness (QED) is 0.888. The highest BCUT2D eigenvalue weighted by atomic mass is 79.9. The Morgan fingerprint density at radius 3 is 2.95 bits per heavy atom. The standard InChI is InChI=1S/C15H18BrNO3/c16-11-4-5-13(18)10(6-11)8-17-7-9-2-1-3-12(9)14(17)15(19)20/h4-6,9,12,14,18H,1-3,7-8H2,(H,19,20). The second-order valence-electron chi connectivity index (χ2n) is 5.84. The number of benzene rings is 1. The monoisotopic (exact) mass is 339 g/mol. The van der Waals surface area contributed by atoms with Gasteiger partial charge in [-0.15, -0.1) is 0 Å². The number of carboxylic acids is 1. The van der Waals surface area contributed by atoms with Gasteiger partial charge in [0.15, 0.2) is 0 Å². The van der Waals surface area contributed by atoms with E-state index in [0.29, 0.717) is 12.5 Å². The number of phenolic OH excluding ortho intramolecular Hbond substituents is 1. The minimum atomic E-state index is -0.728. The molecular formula is C15H18BrNO3. The molecule has 108 valence electrons. The first-order chi connectivity index (χ1) is 9.56. The van der Waals surface area contributed by atoms with Crippen molar-refractivity contribution in [3.05, 3.63) is 28.2 Å². The van der Waals surface area contributed by atoms with Crippen molar-refractivity contribution < 1.29 is 15.0 Å². The van der Waals surface area contributed by atoms with Crippen LogP contribution in [0.5, 0.6) is 5.75 Å². The number of carboxylic acid groups (broad SMARTS) is 1. The van der Waals surface area contributed by atoms with Crippen molar-refractivity contribution in [2.45, 2.75) is 31.8 Å². The molecule has 3 unspecified atom stereocenters. The normalized spacial score (nSPS) is 29.6. The topological polar surface area (TPSA) is 60.8 Å². The Kier molecular flexibility index (Phi) is 3.73. The highest BCUT2D eigenvalue weighted by Crippen LogP contribution is 2.43. The van der Waals surface area contributed by atoms with Crippen molar-refractivity contribution in [3.63, 3.8) is 0 Å². The Balaban J connectivity index is 1.82. The Morgan fingerprint density at radius 1 is 1.40 bits per heavy atom. The molecule has 2 aliphatic rings. The highest BCUT2D eigenvalue weighted by molar-refractivity contribution is 9.10. The van der Waals surface area contributed by atoms with Crippen LogP contribution in [0.3, 0.4) is 0 Å². The summed E-state index contributed by atoms with van der Waals surface area (Å²) in [5, 5.41) is 19.4. The van der Waals surface area contributed by atoms with Gasteiger partial charge in [-0.2, -0.15) is 0 Å². The maximum atomic E-state index is 11.6. The zero-order chi connectivity index (χ0) is 14.3. The summed E-state index contributed by atoms with van der Waals surface area (Å²) in [6, 6.07) is 4.89. The average Bonchev–Trinajstić information content (AvgIpc) is 2.93. The van der Waals surface area contributed by atoms with E-state index in [1.165, 1.54) is 0 Å². The summed E-state index contributed by atoms with van der Waals surface area (Å²) in [7, 11) is 0. The summed E-state index contributed by atoms with van der Waals surface area (Å²) < 4.78 is 0.900. The van der Waals surface area contributed by atoms with Gasteiger partial charge in [0.05, 0.1) is 0 Å². The number of nitrogens with zero attached hydrogens (tertiary/aromatic N) is 1. The predicted octanol–water partition coefficient (Wildman–Crippen LogP) is 2.84. The maximum Gasteiger partial charge on any atom is 0.321 e. The van der Waals surface area contributed by atoms with Crippen LogP contribution in [0.4, 0.5) is 0 Å². The van der Waals surface area contributed by atoms with Crippen LogP contribution >= 0.6 is 15.9 Å². The molecule has 1 aliphatic carbocycles. The Morgan fingerprint density at radius 2 is 2.20 bits per heavy atom. The summed E-state index contributed by atoms with van der Waals surface area (Å²) in [5.41, 5.74) is 0.783. The van der Waals surface area contributed by atoms with E-state index in [9.17, 15) is 15.0 Å². The minimum absolute atomic E-state index is 0.231. The van der Waals surface area contributed by atoms with Crippen molar-refractivity contribution in [1.82, 2.24) is 4.90 Å². The molecule has 1 aromatic rings. The predicted molar refractivity (Wildman–Crippen MR) is 78.5 cm³/mol. The summed E-state index contributed by atoms with van der Waals surface area (Å²) in [5.74, 6) is 0.287. The third-order valence-corrected chi connectivity index (χ3v) is 5.15. The van der Waals surface area contributed by atoms with Crippen LogP contribution in [0, 0.1) is 11.8 Å². The molecule has 1 aromatic carbocycles. The molecule has 5 heteroatoms. The summed E-state index contributed by atoms with van der Waals surface area (Å²) >= 11 is 3.39. The van der Waals surface area contributed by atoms with E-state index in [-0.39, 0.29) is 11.7 Å². The van der Waals surface area contributed by atoms with Crippen molar-refractivity contribution in [1.29, 1.82) is 0 Å². The van der Waals surface area contributed by atoms with Gasteiger partial charge in [0.25, 0.3) is 0 Å². The molecule has 3 atom stereocenters. The second kappa shape index (κ2) is 5.37. The molecule has 1 saturated heterocycles. The first-order valence-corrected chi connectivity index (χ1v) is 7.80. The fourth-order valence-corrected chi connectivity index (χ4v) is 4.20. The lowest BCUT2D eigenvalue weighted by molar-refractivity contribution is -0.143. The van der Waals surface area contributed by atoms with Gasteiger partial charge in [0.1, 0.15) is 11.8 Å². The fourth-order valence-electron chi connectivity index (χ4n) is 3.80. The number of carbonyl (C=O) groups is 1. The van der Waals surface area contributed by atoms with E-state index in [4.69, 9.17) is 0 Å². The first-order valence-electron chi connectivity index (χ1n) is 7.00. The smallest absolute Gasteiger partial charge is 0.321 e. The molecular weight excluding hydrogens is 322 g/mol. The molecule has 3 rings (SSSR count). The molecule has 2 N–H and O–H groups in total. The van der Waals surface area contributed by atoms with Gasteiger partial charge in [0, 0.05) is 23.1 Å². The summed E-state index contributed by atoms with van der Waals surface area (Å²) in [6.45, 7) is 1.32. The van der Waals surface area contributed by atoms with Gasteiger partial charge in [-0.25, -0.2) is 0 Å². The Hall–Kier alpha value is -1.07. The van der Waals surface area contributed by atoms with Gasteiger partial charge >= 0.3 is 5.97 Å². The van der Waals surface area contributed by atoms with E-state index in [1.807, 2.05) is 11.0 Å². The van der Waals surface area contributed by atoms with Crippen molar-refractivity contribution in [3.8, 4) is 5.75 Å². The number of likely N-dealkylation sites (tertiary alicyclic amines) is 1. The molecule has 0 radical (unpaired) electrons. The molecule has 0 bridgehead atoms. The molecule has 20 heavy (non-hydrogen) atoms. The average molecular weight is 340 g/mol. The van der Waals surface area contributed by atoms with Gasteiger partial charge < -0.3 is 10.2 Å². The number of fused-ring (bicyclic) bond motifs is 1. The minimum Gasteiger partial charge on any atom is -0.508 e. The molecule has 4 nitrogen and oxygen atoms in total. The number of halogens is 1. The maximum absolute atomic E-state index is 11.6. The molecule has 1 aliphatic heterocycles. The lowest BCUT2D eigenvalue weighted by atomic mass is 9.94. The van der Waals surface area contributed by atoms with Crippen molar-refractivity contribution >= 4 is 21.9 Å². The van der Waals surface area contributed by atoms with E-state index in [2.05, 4.69) is 15.9 Å². The number of aliphatic carboxylic acids is 1. The van der Waals surface area contributed by atoms with Crippen LogP contribution in [0.25, 0.3) is 0 Å². The van der Waals surface area contributed by atoms with Crippen molar-refractivity contribution in [2.24, 2.45) is 11.8 Å². The van der Waals surface area contributed by atoms with Crippen LogP contribution in [-0.2, 0) is 11.3 Å². The third kappa shape index (κ3) is 2.44. The van der Waals surface area contributed by atoms with Crippen LogP contribution in [-0.4, -0.2) is 33.7 Å². The number of hydrogen-bond donors (Lipinski definition) is 2. The van der Waals surface area contributed by atoms with Gasteiger partial charge in [-0.3, -0.25) is 9.69 Å². The van der Waals surface area contributed by atoms with E-state index in [1.54, 1.807) is 12.1 Å². The second-order valence-corrected chi connectivity index (χ2v) is 6.76. The number of aromatic hydroxyl groups is 1. The molecule has 1 heterocycles. The first kappa shape index (κ1) is 13.9. The highest BCUT2D eigenvalue weighted by Gasteiger charge is 2.47. The third-order valence-electron chi connectivity index (χ3n) is 4.65. The van der Waals surface area contributed by atoms with Crippen molar-refractivity contribution in [2.75, 3.05) is 6.54 Å². The Labute approximate surface area is 126 Å². The zero-order valence-corrected chi connectivity index (χ0v) is 12.7. The van der Waals surface area contributed by atoms with E-state index in [0.717, 1.165) is 35.8 Å². The summed E-state index contributed by atoms with van der Waals surface area (Å²) in [6.07, 6.45) is 3.30. The van der Waals surface area contributed by atoms with Gasteiger partial charge in [-0.1, -0.05) is 22.4 Å². The van der Waals surface area contributed by atoms with Gasteiger partial charge in [0.2, 0.25) is 0 Å². The Bertz CT molecular complexity index is 534. The van der Waals surface area contributed by atoms with E-state index < -0.39 is 12.0 Å². The van der Waals surface area contributed by atoms with Crippen LogP contribution in [0.2, 0.25) is 0 Å². The fraction of sp³-hybridized carbons (Fsp3) is 0.533. The zero-order valence-electron chi connectivity index (χ0n) is 11.1. The lowest BCUT2D eigenvalue weighted by Gasteiger charge is -2.24. The van der Waals surface area contributed by atoms with Crippen LogP contribution < -0.4 is 0 Å². The summed E-state index contributed by atoms with van der Waals surface area (Å²) in [4.78, 5) is 13.6. The van der Waals surface area contributed by atoms with Gasteiger partial charge in [-0.05, 0) is 42.9 Å². The number of hydrogen-bond acceptors (Lipinski definition) is 3. The molecule has 1 saturated carbocycles. The van der Waals surface area contributed by atoms with Crippen LogP contribution in [0.15, 0.2) is 22.7 Å². The molecule has 2 fully saturated rings. The lowest BCUT2D eigenvalue weighted by Crippen LogP contribution is -2.39. The largest absolute Gasteiger partial charge is 0.508 e.